The van der Waals surface area contributed by atoms with Gasteiger partial charge in [0, 0.05) is 17.9 Å². The van der Waals surface area contributed by atoms with Gasteiger partial charge in [0.25, 0.3) is 0 Å². The van der Waals surface area contributed by atoms with Crippen LogP contribution in [0.25, 0.3) is 0 Å². The van der Waals surface area contributed by atoms with Gasteiger partial charge in [-0.15, -0.1) is 0 Å². The lowest BCUT2D eigenvalue weighted by Crippen LogP contribution is -2.21. The Morgan fingerprint density at radius 2 is 2.11 bits per heavy atom. The van der Waals surface area contributed by atoms with Crippen LogP contribution in [0.15, 0.2) is 42.6 Å². The molecule has 0 saturated heterocycles. The van der Waals surface area contributed by atoms with Crippen LogP contribution in [-0.2, 0) is 11.3 Å². The molecule has 0 fully saturated rings. The molecule has 19 heavy (non-hydrogen) atoms. The Bertz CT molecular complexity index is 578. The minimum atomic E-state index is -0.133. The van der Waals surface area contributed by atoms with Crippen LogP contribution in [0.4, 0.5) is 5.69 Å². The molecule has 0 aliphatic heterocycles. The van der Waals surface area contributed by atoms with Crippen molar-refractivity contribution in [2.45, 2.75) is 19.5 Å². The Morgan fingerprint density at radius 3 is 2.79 bits per heavy atom. The van der Waals surface area contributed by atoms with Gasteiger partial charge < -0.3 is 15.6 Å². The molecule has 5 heteroatoms. The molecule has 0 radical (unpaired) electrons. The predicted octanol–water partition coefficient (Wildman–Crippen LogP) is 2.80. The smallest absolute Gasteiger partial charge is 0.244 e. The number of amides is 1. The lowest BCUT2D eigenvalue weighted by atomic mass is 10.2. The van der Waals surface area contributed by atoms with Gasteiger partial charge in [0.2, 0.25) is 5.91 Å². The molecule has 0 aliphatic rings. The van der Waals surface area contributed by atoms with Crippen LogP contribution < -0.4 is 11.1 Å². The van der Waals surface area contributed by atoms with Crippen molar-refractivity contribution in [1.82, 2.24) is 4.57 Å². The lowest BCUT2D eigenvalue weighted by molar-refractivity contribution is -0.116. The number of nitrogens with zero attached hydrogens (tertiary/aromatic N) is 1. The Labute approximate surface area is 117 Å². The molecule has 0 saturated carbocycles. The van der Waals surface area contributed by atoms with E-state index in [9.17, 15) is 4.79 Å². The van der Waals surface area contributed by atoms with Gasteiger partial charge in [-0.25, -0.2) is 0 Å². The van der Waals surface area contributed by atoms with Crippen molar-refractivity contribution >= 4 is 23.2 Å². The van der Waals surface area contributed by atoms with E-state index in [1.807, 2.05) is 42.0 Å². The molecule has 1 unspecified atom stereocenters. The van der Waals surface area contributed by atoms with E-state index in [2.05, 4.69) is 5.32 Å². The molecule has 1 atom stereocenters. The van der Waals surface area contributed by atoms with Crippen LogP contribution in [0, 0.1) is 0 Å². The fraction of sp³-hybridized carbons (Fsp3) is 0.214. The standard InChI is InChI=1S/C14H16ClN3O/c1-10(16)13-7-4-8-18(13)9-14(19)17-12-6-3-2-5-11(12)15/h2-8,10H,9,16H2,1H3,(H,17,19). The molecule has 100 valence electrons. The van der Waals surface area contributed by atoms with E-state index in [1.54, 1.807) is 12.1 Å². The number of hydrogen-bond acceptors (Lipinski definition) is 2. The number of anilines is 1. The summed E-state index contributed by atoms with van der Waals surface area (Å²) in [5, 5.41) is 3.31. The number of para-hydroxylation sites is 1. The summed E-state index contributed by atoms with van der Waals surface area (Å²) in [5.41, 5.74) is 7.38. The summed E-state index contributed by atoms with van der Waals surface area (Å²) in [7, 11) is 0. The quantitative estimate of drug-likeness (QED) is 0.903. The number of nitrogens with two attached hydrogens (primary N) is 1. The molecule has 2 rings (SSSR count). The van der Waals surface area contributed by atoms with E-state index in [0.717, 1.165) is 5.69 Å². The third kappa shape index (κ3) is 3.36. The molecule has 0 spiro atoms. The molecule has 1 amide bonds. The van der Waals surface area contributed by atoms with Gasteiger partial charge in [-0.3, -0.25) is 4.79 Å². The number of carbonyl (C=O) groups excluding carboxylic acids is 1. The summed E-state index contributed by atoms with van der Waals surface area (Å²) in [6, 6.07) is 10.8. The van der Waals surface area contributed by atoms with Crippen LogP contribution >= 0.6 is 11.6 Å². The number of nitrogens with one attached hydrogen (secondary N) is 1. The number of benzene rings is 1. The highest BCUT2D eigenvalue weighted by Gasteiger charge is 2.10. The third-order valence-electron chi connectivity index (χ3n) is 2.79. The molecular formula is C14H16ClN3O. The minimum absolute atomic E-state index is 0.108. The van der Waals surface area contributed by atoms with Crippen LogP contribution in [0.1, 0.15) is 18.7 Å². The van der Waals surface area contributed by atoms with Crippen molar-refractivity contribution in [1.29, 1.82) is 0 Å². The summed E-state index contributed by atoms with van der Waals surface area (Å²) in [6.07, 6.45) is 1.84. The van der Waals surface area contributed by atoms with E-state index in [-0.39, 0.29) is 18.5 Å². The molecule has 1 aromatic heterocycles. The predicted molar refractivity (Wildman–Crippen MR) is 77.1 cm³/mol. The van der Waals surface area contributed by atoms with E-state index < -0.39 is 0 Å². The van der Waals surface area contributed by atoms with Crippen LogP contribution in [0.3, 0.4) is 0 Å². The Kier molecular flexibility index (Phi) is 4.24. The zero-order chi connectivity index (χ0) is 13.8. The molecular weight excluding hydrogens is 262 g/mol. The SMILES string of the molecule is CC(N)c1cccn1CC(=O)Nc1ccccc1Cl. The molecule has 3 N–H and O–H groups in total. The van der Waals surface area contributed by atoms with Gasteiger partial charge in [-0.2, -0.15) is 0 Å². The first-order valence-electron chi connectivity index (χ1n) is 6.03. The van der Waals surface area contributed by atoms with Gasteiger partial charge in [0.1, 0.15) is 6.54 Å². The van der Waals surface area contributed by atoms with Gasteiger partial charge in [0.05, 0.1) is 10.7 Å². The van der Waals surface area contributed by atoms with E-state index in [4.69, 9.17) is 17.3 Å². The molecule has 0 aliphatic carbocycles. The fourth-order valence-electron chi connectivity index (χ4n) is 1.89. The lowest BCUT2D eigenvalue weighted by Gasteiger charge is -2.12. The van der Waals surface area contributed by atoms with Gasteiger partial charge in [0.15, 0.2) is 0 Å². The van der Waals surface area contributed by atoms with Crippen molar-refractivity contribution in [2.75, 3.05) is 5.32 Å². The Hall–Kier alpha value is -1.78. The number of rotatable bonds is 4. The Balaban J connectivity index is 2.06. The molecule has 1 aromatic carbocycles. The summed E-state index contributed by atoms with van der Waals surface area (Å²) in [4.78, 5) is 12.0. The topological polar surface area (TPSA) is 60.0 Å². The summed E-state index contributed by atoms with van der Waals surface area (Å²) in [6.45, 7) is 2.10. The first-order valence-corrected chi connectivity index (χ1v) is 6.40. The van der Waals surface area contributed by atoms with Crippen molar-refractivity contribution in [3.8, 4) is 0 Å². The van der Waals surface area contributed by atoms with E-state index >= 15 is 0 Å². The van der Waals surface area contributed by atoms with Gasteiger partial charge in [-0.1, -0.05) is 23.7 Å². The Morgan fingerprint density at radius 1 is 1.37 bits per heavy atom. The van der Waals surface area contributed by atoms with Crippen LogP contribution in [-0.4, -0.2) is 10.5 Å². The first-order chi connectivity index (χ1) is 9.08. The highest BCUT2D eigenvalue weighted by Crippen LogP contribution is 2.20. The highest BCUT2D eigenvalue weighted by molar-refractivity contribution is 6.33. The third-order valence-corrected chi connectivity index (χ3v) is 3.12. The second-order valence-corrected chi connectivity index (χ2v) is 4.78. The summed E-state index contributed by atoms with van der Waals surface area (Å²) in [5.74, 6) is -0.133. The van der Waals surface area contributed by atoms with E-state index in [1.165, 1.54) is 0 Å². The summed E-state index contributed by atoms with van der Waals surface area (Å²) < 4.78 is 1.83. The fourth-order valence-corrected chi connectivity index (χ4v) is 2.07. The number of carbonyl (C=O) groups is 1. The maximum atomic E-state index is 12.0. The largest absolute Gasteiger partial charge is 0.341 e. The normalized spacial score (nSPS) is 12.2. The molecule has 0 bridgehead atoms. The zero-order valence-corrected chi connectivity index (χ0v) is 11.4. The highest BCUT2D eigenvalue weighted by atomic mass is 35.5. The first kappa shape index (κ1) is 13.6. The van der Waals surface area contributed by atoms with E-state index in [0.29, 0.717) is 10.7 Å². The molecule has 1 heterocycles. The van der Waals surface area contributed by atoms with Crippen molar-refractivity contribution < 1.29 is 4.79 Å². The maximum absolute atomic E-state index is 12.0. The number of hydrogen-bond donors (Lipinski definition) is 2. The molecule has 4 nitrogen and oxygen atoms in total. The number of halogens is 1. The monoisotopic (exact) mass is 277 g/mol. The average molecular weight is 278 g/mol. The van der Waals surface area contributed by atoms with Gasteiger partial charge in [-0.05, 0) is 31.2 Å². The van der Waals surface area contributed by atoms with Crippen molar-refractivity contribution in [3.63, 3.8) is 0 Å². The van der Waals surface area contributed by atoms with Gasteiger partial charge >= 0.3 is 0 Å². The second kappa shape index (κ2) is 5.91. The second-order valence-electron chi connectivity index (χ2n) is 4.38. The zero-order valence-electron chi connectivity index (χ0n) is 10.6. The van der Waals surface area contributed by atoms with Crippen LogP contribution in [0.5, 0.6) is 0 Å². The minimum Gasteiger partial charge on any atom is -0.341 e. The van der Waals surface area contributed by atoms with Crippen molar-refractivity contribution in [2.24, 2.45) is 5.73 Å². The maximum Gasteiger partial charge on any atom is 0.244 e. The molecule has 2 aromatic rings. The summed E-state index contributed by atoms with van der Waals surface area (Å²) >= 11 is 5.99. The number of aromatic nitrogens is 1. The van der Waals surface area contributed by atoms with Crippen molar-refractivity contribution in [3.05, 3.63) is 53.3 Å². The average Bonchev–Trinajstić information content (AvgIpc) is 2.80. The van der Waals surface area contributed by atoms with Crippen LogP contribution in [0.2, 0.25) is 5.02 Å².